The van der Waals surface area contributed by atoms with Crippen LogP contribution in [0.15, 0.2) is 67.0 Å². The molecule has 0 aliphatic rings. The predicted molar refractivity (Wildman–Crippen MR) is 92.2 cm³/mol. The topological polar surface area (TPSA) is 31.4 Å². The molecule has 0 amide bonds. The molecule has 24 heavy (non-hydrogen) atoms. The zero-order valence-corrected chi connectivity index (χ0v) is 13.6. The lowest BCUT2D eigenvalue weighted by molar-refractivity contribution is 0.355. The van der Waals surface area contributed by atoms with Crippen molar-refractivity contribution in [3.63, 3.8) is 0 Å². The van der Waals surface area contributed by atoms with Gasteiger partial charge in [0.05, 0.1) is 14.2 Å². The van der Waals surface area contributed by atoms with E-state index in [-0.39, 0.29) is 0 Å². The van der Waals surface area contributed by atoms with Gasteiger partial charge < -0.3 is 9.47 Å². The number of halogens is 1. The molecule has 0 radical (unpaired) electrons. The summed E-state index contributed by atoms with van der Waals surface area (Å²) >= 11 is 0. The summed E-state index contributed by atoms with van der Waals surface area (Å²) in [5, 5.41) is 0. The molecule has 0 aliphatic carbocycles. The number of benzene rings is 2. The maximum absolute atomic E-state index is 14.6. The van der Waals surface area contributed by atoms with E-state index < -0.39 is 6.17 Å². The van der Waals surface area contributed by atoms with Gasteiger partial charge in [-0.05, 0) is 46.5 Å². The van der Waals surface area contributed by atoms with E-state index in [0.717, 1.165) is 11.1 Å². The molecule has 4 heteroatoms. The molecule has 122 valence electrons. The van der Waals surface area contributed by atoms with E-state index in [1.807, 2.05) is 30.3 Å². The highest BCUT2D eigenvalue weighted by Crippen LogP contribution is 2.33. The van der Waals surface area contributed by atoms with E-state index in [4.69, 9.17) is 9.47 Å². The van der Waals surface area contributed by atoms with Gasteiger partial charge in [0, 0.05) is 12.4 Å². The normalized spacial score (nSPS) is 11.8. The standard InChI is InChI=1S/C20H18FNO2/c1-23-18-8-7-17(13-19(18)24-2)14-3-5-15(6-4-14)20(21)16-9-11-22-12-10-16/h3-13,20H,1-2H3. The molecule has 1 heterocycles. The van der Waals surface area contributed by atoms with Gasteiger partial charge in [0.1, 0.15) is 0 Å². The number of pyridine rings is 1. The monoisotopic (exact) mass is 323 g/mol. The fourth-order valence-corrected chi connectivity index (χ4v) is 2.59. The SMILES string of the molecule is COc1ccc(-c2ccc(C(F)c3ccncc3)cc2)cc1OC. The third kappa shape index (κ3) is 3.23. The molecule has 3 rings (SSSR count). The second kappa shape index (κ2) is 7.13. The minimum absolute atomic E-state index is 0.601. The molecule has 0 bridgehead atoms. The average Bonchev–Trinajstić information content (AvgIpc) is 2.67. The summed E-state index contributed by atoms with van der Waals surface area (Å²) in [5.41, 5.74) is 3.19. The van der Waals surface area contributed by atoms with Crippen molar-refractivity contribution >= 4 is 0 Å². The van der Waals surface area contributed by atoms with Crippen LogP contribution in [0.5, 0.6) is 11.5 Å². The average molecular weight is 323 g/mol. The lowest BCUT2D eigenvalue weighted by atomic mass is 9.99. The Kier molecular flexibility index (Phi) is 4.75. The van der Waals surface area contributed by atoms with Crippen LogP contribution in [0.3, 0.4) is 0 Å². The Morgan fingerprint density at radius 1 is 0.750 bits per heavy atom. The van der Waals surface area contributed by atoms with Gasteiger partial charge in [-0.2, -0.15) is 0 Å². The quantitative estimate of drug-likeness (QED) is 0.674. The molecule has 0 aliphatic heterocycles. The van der Waals surface area contributed by atoms with Crippen LogP contribution >= 0.6 is 0 Å². The first-order chi connectivity index (χ1) is 11.7. The van der Waals surface area contributed by atoms with Crippen LogP contribution in [0.25, 0.3) is 11.1 Å². The van der Waals surface area contributed by atoms with E-state index in [0.29, 0.717) is 22.6 Å². The molecule has 3 aromatic rings. The second-order valence-corrected chi connectivity index (χ2v) is 5.33. The van der Waals surface area contributed by atoms with Gasteiger partial charge in [0.15, 0.2) is 17.7 Å². The molecule has 0 saturated heterocycles. The summed E-state index contributed by atoms with van der Waals surface area (Å²) in [7, 11) is 3.21. The van der Waals surface area contributed by atoms with E-state index in [1.165, 1.54) is 0 Å². The predicted octanol–water partition coefficient (Wildman–Crippen LogP) is 4.82. The van der Waals surface area contributed by atoms with Crippen molar-refractivity contribution < 1.29 is 13.9 Å². The number of hydrogen-bond donors (Lipinski definition) is 0. The minimum atomic E-state index is -1.16. The smallest absolute Gasteiger partial charge is 0.161 e. The molecule has 1 atom stereocenters. The maximum Gasteiger partial charge on any atom is 0.161 e. The summed E-state index contributed by atoms with van der Waals surface area (Å²) in [5.74, 6) is 1.35. The number of methoxy groups -OCH3 is 2. The molecular weight excluding hydrogens is 305 g/mol. The van der Waals surface area contributed by atoms with Gasteiger partial charge in [-0.25, -0.2) is 4.39 Å². The first-order valence-corrected chi connectivity index (χ1v) is 7.59. The van der Waals surface area contributed by atoms with Crippen molar-refractivity contribution in [3.05, 3.63) is 78.1 Å². The number of alkyl halides is 1. The van der Waals surface area contributed by atoms with Gasteiger partial charge in [0.25, 0.3) is 0 Å². The number of hydrogen-bond acceptors (Lipinski definition) is 3. The van der Waals surface area contributed by atoms with E-state index in [1.54, 1.807) is 50.9 Å². The first kappa shape index (κ1) is 16.0. The minimum Gasteiger partial charge on any atom is -0.493 e. The van der Waals surface area contributed by atoms with Crippen molar-refractivity contribution in [2.24, 2.45) is 0 Å². The zero-order valence-electron chi connectivity index (χ0n) is 13.6. The fourth-order valence-electron chi connectivity index (χ4n) is 2.59. The lowest BCUT2D eigenvalue weighted by Crippen LogP contribution is -1.94. The fraction of sp³-hybridized carbons (Fsp3) is 0.150. The Morgan fingerprint density at radius 2 is 1.33 bits per heavy atom. The van der Waals surface area contributed by atoms with Crippen LogP contribution in [-0.4, -0.2) is 19.2 Å². The highest BCUT2D eigenvalue weighted by molar-refractivity contribution is 5.67. The molecule has 3 nitrogen and oxygen atoms in total. The Labute approximate surface area is 140 Å². The van der Waals surface area contributed by atoms with E-state index >= 15 is 0 Å². The number of ether oxygens (including phenoxy) is 2. The molecule has 0 spiro atoms. The molecule has 0 fully saturated rings. The van der Waals surface area contributed by atoms with Crippen LogP contribution in [-0.2, 0) is 0 Å². The Hall–Kier alpha value is -2.88. The molecule has 1 aromatic heterocycles. The van der Waals surface area contributed by atoms with E-state index in [9.17, 15) is 4.39 Å². The van der Waals surface area contributed by atoms with Crippen molar-refractivity contribution in [3.8, 4) is 22.6 Å². The van der Waals surface area contributed by atoms with Crippen LogP contribution in [0, 0.1) is 0 Å². The Morgan fingerprint density at radius 3 is 1.96 bits per heavy atom. The number of nitrogens with zero attached hydrogens (tertiary/aromatic N) is 1. The molecule has 2 aromatic carbocycles. The van der Waals surface area contributed by atoms with E-state index in [2.05, 4.69) is 4.98 Å². The third-order valence-corrected chi connectivity index (χ3v) is 3.92. The van der Waals surface area contributed by atoms with Crippen molar-refractivity contribution in [2.75, 3.05) is 14.2 Å². The van der Waals surface area contributed by atoms with Gasteiger partial charge in [0.2, 0.25) is 0 Å². The van der Waals surface area contributed by atoms with Gasteiger partial charge in [-0.1, -0.05) is 30.3 Å². The Bertz CT molecular complexity index is 804. The Balaban J connectivity index is 1.87. The van der Waals surface area contributed by atoms with Crippen LogP contribution in [0.1, 0.15) is 17.3 Å². The summed E-state index contributed by atoms with van der Waals surface area (Å²) in [6.45, 7) is 0. The van der Waals surface area contributed by atoms with Crippen LogP contribution < -0.4 is 9.47 Å². The largest absolute Gasteiger partial charge is 0.493 e. The van der Waals surface area contributed by atoms with Crippen molar-refractivity contribution in [2.45, 2.75) is 6.17 Å². The van der Waals surface area contributed by atoms with Crippen molar-refractivity contribution in [1.82, 2.24) is 4.98 Å². The third-order valence-electron chi connectivity index (χ3n) is 3.92. The maximum atomic E-state index is 14.6. The van der Waals surface area contributed by atoms with Crippen LogP contribution in [0.4, 0.5) is 4.39 Å². The molecule has 0 N–H and O–H groups in total. The summed E-state index contributed by atoms with van der Waals surface area (Å²) < 4.78 is 25.1. The van der Waals surface area contributed by atoms with Crippen molar-refractivity contribution in [1.29, 1.82) is 0 Å². The highest BCUT2D eigenvalue weighted by atomic mass is 19.1. The van der Waals surface area contributed by atoms with Crippen LogP contribution in [0.2, 0.25) is 0 Å². The van der Waals surface area contributed by atoms with Gasteiger partial charge in [-0.15, -0.1) is 0 Å². The first-order valence-electron chi connectivity index (χ1n) is 7.59. The zero-order chi connectivity index (χ0) is 16.9. The number of rotatable bonds is 5. The molecular formula is C20H18FNO2. The summed E-state index contributed by atoms with van der Waals surface area (Å²) in [6.07, 6.45) is 2.03. The summed E-state index contributed by atoms with van der Waals surface area (Å²) in [4.78, 5) is 3.92. The summed E-state index contributed by atoms with van der Waals surface area (Å²) in [6, 6.07) is 16.5. The van der Waals surface area contributed by atoms with Gasteiger partial charge in [-0.3, -0.25) is 4.98 Å². The highest BCUT2D eigenvalue weighted by Gasteiger charge is 2.13. The second-order valence-electron chi connectivity index (χ2n) is 5.33. The van der Waals surface area contributed by atoms with Gasteiger partial charge >= 0.3 is 0 Å². The number of aromatic nitrogens is 1. The molecule has 0 saturated carbocycles. The molecule has 1 unspecified atom stereocenters. The lowest BCUT2D eigenvalue weighted by Gasteiger charge is -2.12.